The topological polar surface area (TPSA) is 58.6 Å². The predicted molar refractivity (Wildman–Crippen MR) is 104 cm³/mol. The second kappa shape index (κ2) is 9.33. The standard InChI is InChI=1S/C22H26N2O3/c1-27-16-8-14-23-21(25)20-18-12-5-6-13-19(18)22(26)24(20)15-7-11-17-9-3-2-4-10-17/h2-6,9-10,12-13,20H,7-8,11,14-16H2,1H3,(H,23,25)/t20-/m0/s1. The minimum atomic E-state index is -0.549. The van der Waals surface area contributed by atoms with E-state index in [1.165, 1.54) is 5.56 Å². The molecule has 5 heteroatoms. The molecule has 0 aromatic heterocycles. The third kappa shape index (κ3) is 4.55. The Kier molecular flexibility index (Phi) is 6.60. The molecule has 0 saturated carbocycles. The molecule has 1 N–H and O–H groups in total. The van der Waals surface area contributed by atoms with Crippen molar-refractivity contribution in [2.45, 2.75) is 25.3 Å². The Morgan fingerprint density at radius 1 is 1.07 bits per heavy atom. The van der Waals surface area contributed by atoms with Crippen LogP contribution >= 0.6 is 0 Å². The molecule has 0 spiro atoms. The van der Waals surface area contributed by atoms with Gasteiger partial charge in [0.25, 0.3) is 5.91 Å². The number of nitrogens with zero attached hydrogens (tertiary/aromatic N) is 1. The van der Waals surface area contributed by atoms with Crippen LogP contribution in [-0.4, -0.2) is 43.5 Å². The molecule has 5 nitrogen and oxygen atoms in total. The van der Waals surface area contributed by atoms with Crippen molar-refractivity contribution in [1.29, 1.82) is 0 Å². The maximum Gasteiger partial charge on any atom is 0.255 e. The van der Waals surface area contributed by atoms with Crippen LogP contribution in [0.3, 0.4) is 0 Å². The molecular weight excluding hydrogens is 340 g/mol. The SMILES string of the molecule is COCCCNC(=O)[C@@H]1c2ccccc2C(=O)N1CCCc1ccccc1. The van der Waals surface area contributed by atoms with Crippen molar-refractivity contribution in [1.82, 2.24) is 10.2 Å². The van der Waals surface area contributed by atoms with Crippen molar-refractivity contribution in [3.8, 4) is 0 Å². The zero-order chi connectivity index (χ0) is 19.1. The summed E-state index contributed by atoms with van der Waals surface area (Å²) >= 11 is 0. The number of aryl methyl sites for hydroxylation is 1. The Bertz CT molecular complexity index is 776. The quantitative estimate of drug-likeness (QED) is 0.694. The molecule has 142 valence electrons. The average Bonchev–Trinajstić information content (AvgIpc) is 2.98. The van der Waals surface area contributed by atoms with Crippen LogP contribution < -0.4 is 5.32 Å². The van der Waals surface area contributed by atoms with Crippen molar-refractivity contribution in [2.24, 2.45) is 0 Å². The molecular formula is C22H26N2O3. The van der Waals surface area contributed by atoms with Gasteiger partial charge in [0.05, 0.1) is 0 Å². The van der Waals surface area contributed by atoms with Gasteiger partial charge in [0, 0.05) is 32.4 Å². The molecule has 1 aliphatic heterocycles. The zero-order valence-corrected chi connectivity index (χ0v) is 15.7. The monoisotopic (exact) mass is 366 g/mol. The van der Waals surface area contributed by atoms with E-state index in [1.54, 1.807) is 18.1 Å². The first-order chi connectivity index (χ1) is 13.2. The van der Waals surface area contributed by atoms with E-state index in [0.29, 0.717) is 25.3 Å². The van der Waals surface area contributed by atoms with Crippen molar-refractivity contribution in [3.05, 3.63) is 71.3 Å². The Labute approximate surface area is 160 Å². The van der Waals surface area contributed by atoms with Crippen LogP contribution in [0.15, 0.2) is 54.6 Å². The van der Waals surface area contributed by atoms with E-state index in [9.17, 15) is 9.59 Å². The molecule has 2 aromatic carbocycles. The van der Waals surface area contributed by atoms with Crippen LogP contribution in [0.5, 0.6) is 0 Å². The number of carbonyl (C=O) groups excluding carboxylic acids is 2. The largest absolute Gasteiger partial charge is 0.385 e. The third-order valence-corrected chi connectivity index (χ3v) is 4.84. The van der Waals surface area contributed by atoms with Gasteiger partial charge in [-0.25, -0.2) is 0 Å². The van der Waals surface area contributed by atoms with E-state index >= 15 is 0 Å². The van der Waals surface area contributed by atoms with Gasteiger partial charge in [-0.15, -0.1) is 0 Å². The van der Waals surface area contributed by atoms with Gasteiger partial charge in [-0.1, -0.05) is 48.5 Å². The van der Waals surface area contributed by atoms with E-state index in [2.05, 4.69) is 17.4 Å². The maximum absolute atomic E-state index is 12.9. The van der Waals surface area contributed by atoms with Crippen molar-refractivity contribution in [2.75, 3.05) is 26.8 Å². The summed E-state index contributed by atoms with van der Waals surface area (Å²) in [5.74, 6) is -0.181. The molecule has 1 aliphatic rings. The summed E-state index contributed by atoms with van der Waals surface area (Å²) in [6.07, 6.45) is 2.44. The first-order valence-electron chi connectivity index (χ1n) is 9.43. The van der Waals surface area contributed by atoms with E-state index in [0.717, 1.165) is 24.8 Å². The molecule has 0 aliphatic carbocycles. The van der Waals surface area contributed by atoms with Crippen LogP contribution in [0.1, 0.15) is 40.4 Å². The highest BCUT2D eigenvalue weighted by molar-refractivity contribution is 6.04. The van der Waals surface area contributed by atoms with Crippen LogP contribution in [0.4, 0.5) is 0 Å². The highest BCUT2D eigenvalue weighted by Crippen LogP contribution is 2.33. The van der Waals surface area contributed by atoms with E-state index in [-0.39, 0.29) is 11.8 Å². The average molecular weight is 366 g/mol. The lowest BCUT2D eigenvalue weighted by molar-refractivity contribution is -0.125. The van der Waals surface area contributed by atoms with Gasteiger partial charge in [-0.2, -0.15) is 0 Å². The van der Waals surface area contributed by atoms with Crippen LogP contribution in [0, 0.1) is 0 Å². The van der Waals surface area contributed by atoms with E-state index in [1.807, 2.05) is 36.4 Å². The van der Waals surface area contributed by atoms with E-state index < -0.39 is 6.04 Å². The summed E-state index contributed by atoms with van der Waals surface area (Å²) in [4.78, 5) is 27.4. The fraction of sp³-hybridized carbons (Fsp3) is 0.364. The second-order valence-electron chi connectivity index (χ2n) is 6.71. The summed E-state index contributed by atoms with van der Waals surface area (Å²) in [5, 5.41) is 2.95. The fourth-order valence-corrected chi connectivity index (χ4v) is 3.51. The summed E-state index contributed by atoms with van der Waals surface area (Å²) in [5.41, 5.74) is 2.67. The summed E-state index contributed by atoms with van der Waals surface area (Å²) < 4.78 is 5.02. The van der Waals surface area contributed by atoms with Gasteiger partial charge in [-0.05, 0) is 36.5 Å². The zero-order valence-electron chi connectivity index (χ0n) is 15.7. The molecule has 0 fully saturated rings. The van der Waals surface area contributed by atoms with Crippen LogP contribution in [0.2, 0.25) is 0 Å². The van der Waals surface area contributed by atoms with Crippen molar-refractivity contribution >= 4 is 11.8 Å². The molecule has 2 aromatic rings. The van der Waals surface area contributed by atoms with Gasteiger partial charge in [-0.3, -0.25) is 9.59 Å². The van der Waals surface area contributed by atoms with Crippen LogP contribution in [-0.2, 0) is 16.0 Å². The van der Waals surface area contributed by atoms with Crippen LogP contribution in [0.25, 0.3) is 0 Å². The third-order valence-electron chi connectivity index (χ3n) is 4.84. The lowest BCUT2D eigenvalue weighted by atomic mass is 10.0. The Morgan fingerprint density at radius 2 is 1.81 bits per heavy atom. The Balaban J connectivity index is 1.68. The normalized spacial score (nSPS) is 15.7. The number of hydrogen-bond donors (Lipinski definition) is 1. The number of amides is 2. The first-order valence-corrected chi connectivity index (χ1v) is 9.43. The molecule has 0 saturated heterocycles. The molecule has 3 rings (SSSR count). The lowest BCUT2D eigenvalue weighted by Crippen LogP contribution is -2.40. The molecule has 0 unspecified atom stereocenters. The minimum Gasteiger partial charge on any atom is -0.385 e. The summed E-state index contributed by atoms with van der Waals surface area (Å²) in [6, 6.07) is 17.1. The number of ether oxygens (including phenoxy) is 1. The number of benzene rings is 2. The Morgan fingerprint density at radius 3 is 2.59 bits per heavy atom. The number of fused-ring (bicyclic) bond motifs is 1. The van der Waals surface area contributed by atoms with E-state index in [4.69, 9.17) is 4.74 Å². The van der Waals surface area contributed by atoms with Gasteiger partial charge >= 0.3 is 0 Å². The lowest BCUT2D eigenvalue weighted by Gasteiger charge is -2.24. The molecule has 2 amide bonds. The smallest absolute Gasteiger partial charge is 0.255 e. The predicted octanol–water partition coefficient (Wildman–Crippen LogP) is 2.97. The number of nitrogens with one attached hydrogen (secondary N) is 1. The fourth-order valence-electron chi connectivity index (χ4n) is 3.51. The van der Waals surface area contributed by atoms with Crippen molar-refractivity contribution < 1.29 is 14.3 Å². The van der Waals surface area contributed by atoms with Gasteiger partial charge in [0.15, 0.2) is 0 Å². The number of hydrogen-bond acceptors (Lipinski definition) is 3. The first kappa shape index (κ1) is 19.1. The molecule has 1 atom stereocenters. The highest BCUT2D eigenvalue weighted by Gasteiger charge is 2.40. The molecule has 0 bridgehead atoms. The number of methoxy groups -OCH3 is 1. The Hall–Kier alpha value is -2.66. The molecule has 0 radical (unpaired) electrons. The highest BCUT2D eigenvalue weighted by atomic mass is 16.5. The van der Waals surface area contributed by atoms with Gasteiger partial charge in [0.2, 0.25) is 5.91 Å². The van der Waals surface area contributed by atoms with Gasteiger partial charge in [0.1, 0.15) is 6.04 Å². The second-order valence-corrected chi connectivity index (χ2v) is 6.71. The number of rotatable bonds is 9. The minimum absolute atomic E-state index is 0.0595. The molecule has 1 heterocycles. The maximum atomic E-state index is 12.9. The summed E-state index contributed by atoms with van der Waals surface area (Å²) in [6.45, 7) is 1.69. The molecule has 27 heavy (non-hydrogen) atoms. The summed E-state index contributed by atoms with van der Waals surface area (Å²) in [7, 11) is 1.64. The number of carbonyl (C=O) groups is 2. The van der Waals surface area contributed by atoms with Gasteiger partial charge < -0.3 is 15.0 Å². The van der Waals surface area contributed by atoms with Crippen molar-refractivity contribution in [3.63, 3.8) is 0 Å².